The average molecular weight is 357 g/mol. The van der Waals surface area contributed by atoms with Crippen molar-refractivity contribution in [1.29, 1.82) is 0 Å². The number of carbonyl (C=O) groups is 3. The molecule has 1 aromatic carbocycles. The standard InChI is InChI=1S/C17H16FN5O3/c1-2-3-7-17(21-22-17)8-9-19-15(25)11-5-4-6-12(14(11)18)23-13(24)10-20-16(23)26/h1,4-6H,3,7-10H2,(H,19,25)(H,20,26). The van der Waals surface area contributed by atoms with Gasteiger partial charge in [0.25, 0.3) is 11.8 Å². The molecule has 0 atom stereocenters. The minimum absolute atomic E-state index is 0.207. The van der Waals surface area contributed by atoms with Crippen LogP contribution in [0.2, 0.25) is 0 Å². The number of hydrogen-bond donors (Lipinski definition) is 2. The van der Waals surface area contributed by atoms with E-state index in [0.29, 0.717) is 24.2 Å². The summed E-state index contributed by atoms with van der Waals surface area (Å²) in [6.07, 6.45) is 6.82. The van der Waals surface area contributed by atoms with Crippen LogP contribution in [0, 0.1) is 18.2 Å². The molecule has 0 aliphatic carbocycles. The monoisotopic (exact) mass is 357 g/mol. The zero-order valence-corrected chi connectivity index (χ0v) is 13.8. The maximum absolute atomic E-state index is 14.7. The highest BCUT2D eigenvalue weighted by Gasteiger charge is 2.39. The van der Waals surface area contributed by atoms with Crippen LogP contribution in [0.3, 0.4) is 0 Å². The number of amides is 4. The third kappa shape index (κ3) is 3.39. The largest absolute Gasteiger partial charge is 0.352 e. The number of carbonyl (C=O) groups excluding carboxylic acids is 3. The molecule has 2 aliphatic heterocycles. The molecule has 0 bridgehead atoms. The van der Waals surface area contributed by atoms with Gasteiger partial charge in [0.15, 0.2) is 11.5 Å². The fourth-order valence-electron chi connectivity index (χ4n) is 2.67. The average Bonchev–Trinajstić information content (AvgIpc) is 3.32. The van der Waals surface area contributed by atoms with Gasteiger partial charge in [-0.05, 0) is 12.1 Å². The molecule has 1 aromatic rings. The Hall–Kier alpha value is -3.28. The van der Waals surface area contributed by atoms with E-state index in [4.69, 9.17) is 6.42 Å². The lowest BCUT2D eigenvalue weighted by atomic mass is 10.0. The molecule has 2 N–H and O–H groups in total. The van der Waals surface area contributed by atoms with E-state index in [2.05, 4.69) is 26.8 Å². The van der Waals surface area contributed by atoms with Crippen molar-refractivity contribution in [1.82, 2.24) is 10.6 Å². The molecule has 0 radical (unpaired) electrons. The number of terminal acetylenes is 1. The van der Waals surface area contributed by atoms with E-state index in [1.54, 1.807) is 0 Å². The molecule has 2 aliphatic rings. The molecule has 26 heavy (non-hydrogen) atoms. The van der Waals surface area contributed by atoms with Crippen molar-refractivity contribution >= 4 is 23.5 Å². The summed E-state index contributed by atoms with van der Waals surface area (Å²) < 4.78 is 14.7. The Balaban J connectivity index is 1.65. The first-order valence-corrected chi connectivity index (χ1v) is 8.02. The van der Waals surface area contributed by atoms with E-state index in [1.807, 2.05) is 0 Å². The maximum Gasteiger partial charge on any atom is 0.329 e. The highest BCUT2D eigenvalue weighted by Crippen LogP contribution is 2.36. The number of benzene rings is 1. The van der Waals surface area contributed by atoms with Gasteiger partial charge in [-0.25, -0.2) is 14.1 Å². The van der Waals surface area contributed by atoms with E-state index in [9.17, 15) is 18.8 Å². The second kappa shape index (κ2) is 6.92. The predicted molar refractivity (Wildman–Crippen MR) is 89.9 cm³/mol. The fraction of sp³-hybridized carbons (Fsp3) is 0.353. The number of rotatable bonds is 7. The smallest absolute Gasteiger partial charge is 0.329 e. The Morgan fingerprint density at radius 3 is 2.77 bits per heavy atom. The van der Waals surface area contributed by atoms with Gasteiger partial charge >= 0.3 is 6.03 Å². The van der Waals surface area contributed by atoms with Crippen molar-refractivity contribution in [3.8, 4) is 12.3 Å². The van der Waals surface area contributed by atoms with Gasteiger partial charge in [-0.2, -0.15) is 10.2 Å². The summed E-state index contributed by atoms with van der Waals surface area (Å²) in [6.45, 7) is 0.0324. The van der Waals surface area contributed by atoms with Crippen LogP contribution in [-0.4, -0.2) is 36.6 Å². The second-order valence-electron chi connectivity index (χ2n) is 5.92. The number of nitrogens with one attached hydrogen (secondary N) is 2. The lowest BCUT2D eigenvalue weighted by Gasteiger charge is -2.15. The Morgan fingerprint density at radius 2 is 2.15 bits per heavy atom. The predicted octanol–water partition coefficient (Wildman–Crippen LogP) is 1.58. The summed E-state index contributed by atoms with van der Waals surface area (Å²) in [4.78, 5) is 36.4. The van der Waals surface area contributed by atoms with Crippen molar-refractivity contribution in [2.75, 3.05) is 18.0 Å². The first kappa shape index (κ1) is 17.5. The van der Waals surface area contributed by atoms with Crippen LogP contribution in [-0.2, 0) is 4.79 Å². The topological polar surface area (TPSA) is 103 Å². The molecule has 0 saturated carbocycles. The summed E-state index contributed by atoms with van der Waals surface area (Å²) >= 11 is 0. The first-order valence-electron chi connectivity index (χ1n) is 8.02. The van der Waals surface area contributed by atoms with Crippen molar-refractivity contribution in [3.63, 3.8) is 0 Å². The Bertz CT molecular complexity index is 823. The zero-order valence-electron chi connectivity index (χ0n) is 13.8. The molecule has 1 saturated heterocycles. The molecule has 0 unspecified atom stereocenters. The number of imide groups is 1. The molecule has 134 valence electrons. The van der Waals surface area contributed by atoms with Gasteiger partial charge < -0.3 is 10.6 Å². The number of hydrogen-bond acceptors (Lipinski definition) is 5. The molecule has 8 nitrogen and oxygen atoms in total. The van der Waals surface area contributed by atoms with Crippen molar-refractivity contribution in [3.05, 3.63) is 29.6 Å². The third-order valence-corrected chi connectivity index (χ3v) is 4.17. The number of anilines is 1. The van der Waals surface area contributed by atoms with Gasteiger partial charge in [-0.3, -0.25) is 9.59 Å². The molecule has 3 rings (SSSR count). The van der Waals surface area contributed by atoms with Crippen molar-refractivity contribution in [2.45, 2.75) is 24.9 Å². The Labute approximate surface area is 148 Å². The second-order valence-corrected chi connectivity index (χ2v) is 5.92. The van der Waals surface area contributed by atoms with E-state index in [0.717, 1.165) is 0 Å². The van der Waals surface area contributed by atoms with Gasteiger partial charge in [0.05, 0.1) is 17.8 Å². The lowest BCUT2D eigenvalue weighted by Crippen LogP contribution is -2.33. The molecule has 9 heteroatoms. The van der Waals surface area contributed by atoms with E-state index in [1.165, 1.54) is 18.2 Å². The zero-order chi connectivity index (χ0) is 18.7. The molecular weight excluding hydrogens is 341 g/mol. The lowest BCUT2D eigenvalue weighted by molar-refractivity contribution is -0.115. The van der Waals surface area contributed by atoms with Crippen molar-refractivity contribution in [2.24, 2.45) is 10.2 Å². The summed E-state index contributed by atoms with van der Waals surface area (Å²) in [5, 5.41) is 12.8. The minimum Gasteiger partial charge on any atom is -0.352 e. The fourth-order valence-corrected chi connectivity index (χ4v) is 2.67. The van der Waals surface area contributed by atoms with Crippen molar-refractivity contribution < 1.29 is 18.8 Å². The van der Waals surface area contributed by atoms with Gasteiger partial charge in [-0.1, -0.05) is 6.07 Å². The molecule has 0 spiro atoms. The summed E-state index contributed by atoms with van der Waals surface area (Å²) in [7, 11) is 0. The number of nitrogens with zero attached hydrogens (tertiary/aromatic N) is 3. The van der Waals surface area contributed by atoms with Gasteiger partial charge in [0.1, 0.15) is 0 Å². The van der Waals surface area contributed by atoms with E-state index in [-0.39, 0.29) is 24.3 Å². The quantitative estimate of drug-likeness (QED) is 0.572. The minimum atomic E-state index is -0.932. The van der Waals surface area contributed by atoms with Crippen LogP contribution in [0.15, 0.2) is 28.4 Å². The van der Waals surface area contributed by atoms with Gasteiger partial charge in [0, 0.05) is 25.8 Å². The van der Waals surface area contributed by atoms with Gasteiger partial charge in [-0.15, -0.1) is 12.3 Å². The van der Waals surface area contributed by atoms with E-state index < -0.39 is 29.3 Å². The van der Waals surface area contributed by atoms with Gasteiger partial charge in [0.2, 0.25) is 0 Å². The molecule has 1 fully saturated rings. The third-order valence-electron chi connectivity index (χ3n) is 4.17. The summed E-state index contributed by atoms with van der Waals surface area (Å²) in [5.41, 5.74) is -1.05. The van der Waals surface area contributed by atoms with Crippen LogP contribution in [0.25, 0.3) is 0 Å². The first-order chi connectivity index (χ1) is 12.5. The summed E-state index contributed by atoms with van der Waals surface area (Å²) in [6, 6.07) is 3.24. The van der Waals surface area contributed by atoms with Crippen LogP contribution in [0.1, 0.15) is 29.6 Å². The molecule has 2 heterocycles. The Morgan fingerprint density at radius 1 is 1.38 bits per heavy atom. The highest BCUT2D eigenvalue weighted by molar-refractivity contribution is 6.20. The molecule has 0 aromatic heterocycles. The highest BCUT2D eigenvalue weighted by atomic mass is 19.1. The van der Waals surface area contributed by atoms with Crippen LogP contribution in [0.4, 0.5) is 14.9 Å². The summed E-state index contributed by atoms with van der Waals surface area (Å²) in [5.74, 6) is 0.349. The molecule has 4 amide bonds. The maximum atomic E-state index is 14.7. The van der Waals surface area contributed by atoms with Crippen LogP contribution in [0.5, 0.6) is 0 Å². The van der Waals surface area contributed by atoms with Crippen LogP contribution >= 0.6 is 0 Å². The Kier molecular flexibility index (Phi) is 4.67. The normalized spacial score (nSPS) is 17.0. The number of halogens is 1. The van der Waals surface area contributed by atoms with Crippen LogP contribution < -0.4 is 15.5 Å². The SMILES string of the molecule is C#CCCC1(CCNC(=O)c2cccc(N3C(=O)CNC3=O)c2F)N=N1. The molecular formula is C17H16FN5O3. The van der Waals surface area contributed by atoms with E-state index >= 15 is 0 Å². The number of urea groups is 1.